The number of hydrogen-bond acceptors (Lipinski definition) is 3. The van der Waals surface area contributed by atoms with Crippen LogP contribution in [0, 0.1) is 0 Å². The van der Waals surface area contributed by atoms with Gasteiger partial charge in [0, 0.05) is 18.8 Å². The molecule has 25 heavy (non-hydrogen) atoms. The smallest absolute Gasteiger partial charge is 0.234 e. The van der Waals surface area contributed by atoms with Crippen molar-refractivity contribution < 1.29 is 4.79 Å². The molecule has 1 saturated carbocycles. The van der Waals surface area contributed by atoms with Crippen molar-refractivity contribution >= 4 is 5.91 Å². The lowest BCUT2D eigenvalue weighted by Crippen LogP contribution is -2.41. The highest BCUT2D eigenvalue weighted by atomic mass is 16.2. The Bertz CT molecular complexity index is 653. The van der Waals surface area contributed by atoms with Crippen molar-refractivity contribution in [1.29, 1.82) is 0 Å². The maximum atomic E-state index is 12.6. The molecule has 1 aromatic heterocycles. The van der Waals surface area contributed by atoms with Gasteiger partial charge in [0.2, 0.25) is 5.91 Å². The zero-order chi connectivity index (χ0) is 17.5. The molecule has 132 valence electrons. The third-order valence-electron chi connectivity index (χ3n) is 4.96. The third-order valence-corrected chi connectivity index (χ3v) is 4.96. The molecule has 1 atom stereocenters. The molecule has 0 aliphatic heterocycles. The number of rotatable bonds is 7. The third kappa shape index (κ3) is 5.13. The molecule has 0 saturated heterocycles. The number of benzene rings is 1. The standard InChI is InChI=1S/C21H27N3O/c1-17(20-13-7-8-14-22-20)24(15-18-9-3-2-4-10-18)16-21(25)23-19-11-5-6-12-19/h2-4,7-10,13-14,17,19H,5-6,11-12,15-16H2,1H3,(H,23,25). The van der Waals surface area contributed by atoms with Crippen LogP contribution in [0.25, 0.3) is 0 Å². The molecule has 1 unspecified atom stereocenters. The van der Waals surface area contributed by atoms with Gasteiger partial charge >= 0.3 is 0 Å². The zero-order valence-corrected chi connectivity index (χ0v) is 14.9. The first-order valence-electron chi connectivity index (χ1n) is 9.20. The van der Waals surface area contributed by atoms with Gasteiger partial charge in [-0.1, -0.05) is 49.2 Å². The maximum absolute atomic E-state index is 12.6. The molecule has 1 aliphatic carbocycles. The summed E-state index contributed by atoms with van der Waals surface area (Å²) in [6, 6.07) is 16.7. The van der Waals surface area contributed by atoms with Crippen LogP contribution >= 0.6 is 0 Å². The Morgan fingerprint density at radius 3 is 2.56 bits per heavy atom. The van der Waals surface area contributed by atoms with Crippen molar-refractivity contribution in [3.05, 3.63) is 66.0 Å². The van der Waals surface area contributed by atoms with Gasteiger partial charge < -0.3 is 5.32 Å². The van der Waals surface area contributed by atoms with Gasteiger partial charge in [-0.05, 0) is 37.5 Å². The zero-order valence-electron chi connectivity index (χ0n) is 14.9. The molecule has 0 spiro atoms. The predicted octanol–water partition coefficient (Wildman–Crippen LogP) is 3.70. The largest absolute Gasteiger partial charge is 0.352 e. The first-order chi connectivity index (χ1) is 12.2. The number of amides is 1. The lowest BCUT2D eigenvalue weighted by atomic mass is 10.1. The topological polar surface area (TPSA) is 45.2 Å². The molecular formula is C21H27N3O. The lowest BCUT2D eigenvalue weighted by Gasteiger charge is -2.29. The Morgan fingerprint density at radius 1 is 1.16 bits per heavy atom. The monoisotopic (exact) mass is 337 g/mol. The van der Waals surface area contributed by atoms with E-state index in [1.54, 1.807) is 0 Å². The van der Waals surface area contributed by atoms with Crippen LogP contribution in [0.2, 0.25) is 0 Å². The summed E-state index contributed by atoms with van der Waals surface area (Å²) in [5.41, 5.74) is 2.20. The van der Waals surface area contributed by atoms with Gasteiger partial charge in [0.05, 0.1) is 18.3 Å². The van der Waals surface area contributed by atoms with Crippen LogP contribution in [-0.4, -0.2) is 28.4 Å². The number of carbonyl (C=O) groups excluding carboxylic acids is 1. The number of nitrogens with zero attached hydrogens (tertiary/aromatic N) is 2. The summed E-state index contributed by atoms with van der Waals surface area (Å²) < 4.78 is 0. The van der Waals surface area contributed by atoms with Crippen molar-refractivity contribution in [2.45, 2.75) is 51.2 Å². The Labute approximate surface area is 150 Å². The van der Waals surface area contributed by atoms with Gasteiger partial charge in [0.1, 0.15) is 0 Å². The van der Waals surface area contributed by atoms with Gasteiger partial charge in [-0.15, -0.1) is 0 Å². The second-order valence-corrected chi connectivity index (χ2v) is 6.87. The molecule has 0 radical (unpaired) electrons. The van der Waals surface area contributed by atoms with E-state index in [0.29, 0.717) is 12.6 Å². The summed E-state index contributed by atoms with van der Waals surface area (Å²) in [5.74, 6) is 0.116. The summed E-state index contributed by atoms with van der Waals surface area (Å²) in [5, 5.41) is 3.20. The number of hydrogen-bond donors (Lipinski definition) is 1. The van der Waals surface area contributed by atoms with Crippen LogP contribution in [0.5, 0.6) is 0 Å². The van der Waals surface area contributed by atoms with E-state index in [9.17, 15) is 4.79 Å². The first-order valence-corrected chi connectivity index (χ1v) is 9.20. The highest BCUT2D eigenvalue weighted by Gasteiger charge is 2.22. The van der Waals surface area contributed by atoms with E-state index in [4.69, 9.17) is 0 Å². The summed E-state index contributed by atoms with van der Waals surface area (Å²) in [6.45, 7) is 3.24. The summed E-state index contributed by atoms with van der Waals surface area (Å²) in [4.78, 5) is 19.2. The van der Waals surface area contributed by atoms with E-state index in [2.05, 4.69) is 34.3 Å². The highest BCUT2D eigenvalue weighted by molar-refractivity contribution is 5.78. The van der Waals surface area contributed by atoms with Crippen molar-refractivity contribution in [2.24, 2.45) is 0 Å². The molecule has 1 N–H and O–H groups in total. The van der Waals surface area contributed by atoms with Crippen molar-refractivity contribution in [2.75, 3.05) is 6.54 Å². The molecular weight excluding hydrogens is 310 g/mol. The van der Waals surface area contributed by atoms with Crippen molar-refractivity contribution in [3.63, 3.8) is 0 Å². The van der Waals surface area contributed by atoms with Gasteiger partial charge in [0.25, 0.3) is 0 Å². The van der Waals surface area contributed by atoms with Crippen LogP contribution in [0.3, 0.4) is 0 Å². The average Bonchev–Trinajstić information content (AvgIpc) is 3.15. The van der Waals surface area contributed by atoms with E-state index in [0.717, 1.165) is 25.1 Å². The normalized spacial score (nSPS) is 16.1. The molecule has 0 bridgehead atoms. The Hall–Kier alpha value is -2.20. The summed E-state index contributed by atoms with van der Waals surface area (Å²) >= 11 is 0. The second kappa shape index (κ2) is 8.77. The van der Waals surface area contributed by atoms with E-state index >= 15 is 0 Å². The average molecular weight is 337 g/mol. The molecule has 3 rings (SSSR count). The second-order valence-electron chi connectivity index (χ2n) is 6.87. The fourth-order valence-corrected chi connectivity index (χ4v) is 3.49. The van der Waals surface area contributed by atoms with E-state index in [1.807, 2.05) is 42.6 Å². The Balaban J connectivity index is 1.70. The van der Waals surface area contributed by atoms with Crippen LogP contribution < -0.4 is 5.32 Å². The first kappa shape index (κ1) is 17.6. The van der Waals surface area contributed by atoms with E-state index in [-0.39, 0.29) is 11.9 Å². The van der Waals surface area contributed by atoms with Crippen molar-refractivity contribution in [1.82, 2.24) is 15.2 Å². The molecule has 1 aliphatic rings. The van der Waals surface area contributed by atoms with Gasteiger partial charge in [-0.25, -0.2) is 0 Å². The van der Waals surface area contributed by atoms with Gasteiger partial charge in [-0.3, -0.25) is 14.7 Å². The lowest BCUT2D eigenvalue weighted by molar-refractivity contribution is -0.123. The highest BCUT2D eigenvalue weighted by Crippen LogP contribution is 2.21. The van der Waals surface area contributed by atoms with Gasteiger partial charge in [0.15, 0.2) is 0 Å². The quantitative estimate of drug-likeness (QED) is 0.838. The summed E-state index contributed by atoms with van der Waals surface area (Å²) in [7, 11) is 0. The van der Waals surface area contributed by atoms with E-state index in [1.165, 1.54) is 18.4 Å². The maximum Gasteiger partial charge on any atom is 0.234 e. The fraction of sp³-hybridized carbons (Fsp3) is 0.429. The number of carbonyl (C=O) groups is 1. The van der Waals surface area contributed by atoms with Crippen LogP contribution in [0.4, 0.5) is 0 Å². The Kier molecular flexibility index (Phi) is 6.18. The van der Waals surface area contributed by atoms with Crippen LogP contribution in [-0.2, 0) is 11.3 Å². The van der Waals surface area contributed by atoms with Crippen LogP contribution in [0.15, 0.2) is 54.7 Å². The molecule has 1 aromatic carbocycles. The number of pyridine rings is 1. The molecule has 1 fully saturated rings. The SMILES string of the molecule is CC(c1ccccn1)N(CC(=O)NC1CCCC1)Cc1ccccc1. The molecule has 4 nitrogen and oxygen atoms in total. The predicted molar refractivity (Wildman–Crippen MR) is 99.9 cm³/mol. The number of nitrogens with one attached hydrogen (secondary N) is 1. The minimum absolute atomic E-state index is 0.0794. The molecule has 1 amide bonds. The Morgan fingerprint density at radius 2 is 1.88 bits per heavy atom. The van der Waals surface area contributed by atoms with Gasteiger partial charge in [-0.2, -0.15) is 0 Å². The fourth-order valence-electron chi connectivity index (χ4n) is 3.49. The van der Waals surface area contributed by atoms with Crippen LogP contribution in [0.1, 0.15) is 49.9 Å². The molecule has 4 heteroatoms. The molecule has 1 heterocycles. The van der Waals surface area contributed by atoms with E-state index < -0.39 is 0 Å². The number of aromatic nitrogens is 1. The molecule has 2 aromatic rings. The van der Waals surface area contributed by atoms with Crippen molar-refractivity contribution in [3.8, 4) is 0 Å². The summed E-state index contributed by atoms with van der Waals surface area (Å²) in [6.07, 6.45) is 6.48. The minimum Gasteiger partial charge on any atom is -0.352 e. The minimum atomic E-state index is 0.0794.